The molecule has 1 aromatic rings. The summed E-state index contributed by atoms with van der Waals surface area (Å²) in [7, 11) is 3.24. The standard InChI is InChI=1S/C13H20N2O2/c1-16-12-7-10(14)11(8-13(12)17-2)15-6-5-9-3-4-9/h7-9,15H,3-6,14H2,1-2H3. The van der Waals surface area contributed by atoms with Crippen LogP contribution in [0.4, 0.5) is 11.4 Å². The Balaban J connectivity index is 2.03. The van der Waals surface area contributed by atoms with Crippen molar-refractivity contribution in [3.63, 3.8) is 0 Å². The Kier molecular flexibility index (Phi) is 3.61. The second-order valence-corrected chi connectivity index (χ2v) is 4.45. The first kappa shape index (κ1) is 11.9. The number of hydrogen-bond acceptors (Lipinski definition) is 4. The Labute approximate surface area is 102 Å². The largest absolute Gasteiger partial charge is 0.493 e. The fourth-order valence-corrected chi connectivity index (χ4v) is 1.87. The van der Waals surface area contributed by atoms with Crippen LogP contribution in [0, 0.1) is 5.92 Å². The van der Waals surface area contributed by atoms with Gasteiger partial charge in [-0.15, -0.1) is 0 Å². The van der Waals surface area contributed by atoms with E-state index in [9.17, 15) is 0 Å². The molecule has 4 heteroatoms. The lowest BCUT2D eigenvalue weighted by molar-refractivity contribution is 0.355. The molecule has 0 bridgehead atoms. The van der Waals surface area contributed by atoms with Gasteiger partial charge in [0.05, 0.1) is 25.6 Å². The molecule has 0 atom stereocenters. The molecule has 0 spiro atoms. The average Bonchev–Trinajstić information content (AvgIpc) is 3.14. The van der Waals surface area contributed by atoms with E-state index in [1.807, 2.05) is 6.07 Å². The molecule has 0 aliphatic heterocycles. The molecule has 0 aromatic heterocycles. The van der Waals surface area contributed by atoms with E-state index in [2.05, 4.69) is 5.32 Å². The maximum absolute atomic E-state index is 5.95. The zero-order valence-electron chi connectivity index (χ0n) is 10.5. The van der Waals surface area contributed by atoms with E-state index in [4.69, 9.17) is 15.2 Å². The second-order valence-electron chi connectivity index (χ2n) is 4.45. The second kappa shape index (κ2) is 5.17. The van der Waals surface area contributed by atoms with Crippen LogP contribution >= 0.6 is 0 Å². The van der Waals surface area contributed by atoms with E-state index < -0.39 is 0 Å². The number of hydrogen-bond donors (Lipinski definition) is 2. The first-order valence-electron chi connectivity index (χ1n) is 6.00. The van der Waals surface area contributed by atoms with E-state index >= 15 is 0 Å². The summed E-state index contributed by atoms with van der Waals surface area (Å²) in [5.74, 6) is 2.29. The Morgan fingerprint density at radius 3 is 2.47 bits per heavy atom. The topological polar surface area (TPSA) is 56.5 Å². The molecule has 1 fully saturated rings. The zero-order chi connectivity index (χ0) is 12.3. The van der Waals surface area contributed by atoms with Crippen molar-refractivity contribution in [3.8, 4) is 11.5 Å². The van der Waals surface area contributed by atoms with Gasteiger partial charge in [0.15, 0.2) is 11.5 Å². The van der Waals surface area contributed by atoms with Crippen LogP contribution in [0.5, 0.6) is 11.5 Å². The Morgan fingerprint density at radius 1 is 1.24 bits per heavy atom. The van der Waals surface area contributed by atoms with Gasteiger partial charge in [0.25, 0.3) is 0 Å². The summed E-state index contributed by atoms with van der Waals surface area (Å²) >= 11 is 0. The van der Waals surface area contributed by atoms with Gasteiger partial charge in [0.2, 0.25) is 0 Å². The van der Waals surface area contributed by atoms with Gasteiger partial charge in [-0.3, -0.25) is 0 Å². The molecule has 1 aliphatic carbocycles. The molecule has 0 amide bonds. The van der Waals surface area contributed by atoms with Crippen molar-refractivity contribution in [1.29, 1.82) is 0 Å². The molecule has 4 nitrogen and oxygen atoms in total. The van der Waals surface area contributed by atoms with Gasteiger partial charge in [0.1, 0.15) is 0 Å². The van der Waals surface area contributed by atoms with Gasteiger partial charge in [-0.05, 0) is 12.3 Å². The molecule has 0 unspecified atom stereocenters. The summed E-state index contributed by atoms with van der Waals surface area (Å²) in [6, 6.07) is 3.68. The first-order chi connectivity index (χ1) is 8.24. The minimum atomic E-state index is 0.665. The van der Waals surface area contributed by atoms with Crippen LogP contribution < -0.4 is 20.5 Å². The van der Waals surface area contributed by atoms with Crippen LogP contribution in [0.1, 0.15) is 19.3 Å². The van der Waals surface area contributed by atoms with Gasteiger partial charge < -0.3 is 20.5 Å². The molecule has 0 heterocycles. The third-order valence-electron chi connectivity index (χ3n) is 3.12. The molecule has 1 aromatic carbocycles. The zero-order valence-corrected chi connectivity index (χ0v) is 10.5. The molecular weight excluding hydrogens is 216 g/mol. The summed E-state index contributed by atoms with van der Waals surface area (Å²) in [6.45, 7) is 0.963. The van der Waals surface area contributed by atoms with Gasteiger partial charge >= 0.3 is 0 Å². The highest BCUT2D eigenvalue weighted by Gasteiger charge is 2.20. The van der Waals surface area contributed by atoms with E-state index in [-0.39, 0.29) is 0 Å². The summed E-state index contributed by atoms with van der Waals surface area (Å²) in [4.78, 5) is 0. The highest BCUT2D eigenvalue weighted by atomic mass is 16.5. The van der Waals surface area contributed by atoms with Crippen LogP contribution in [-0.2, 0) is 0 Å². The number of benzene rings is 1. The lowest BCUT2D eigenvalue weighted by Gasteiger charge is -2.13. The van der Waals surface area contributed by atoms with Crippen LogP contribution in [-0.4, -0.2) is 20.8 Å². The molecule has 94 valence electrons. The summed E-state index contributed by atoms with van der Waals surface area (Å²) in [5, 5.41) is 3.35. The van der Waals surface area contributed by atoms with Crippen LogP contribution in [0.2, 0.25) is 0 Å². The number of nitrogens with one attached hydrogen (secondary N) is 1. The number of nitrogen functional groups attached to an aromatic ring is 1. The maximum Gasteiger partial charge on any atom is 0.162 e. The molecule has 3 N–H and O–H groups in total. The lowest BCUT2D eigenvalue weighted by Crippen LogP contribution is -2.05. The molecule has 2 rings (SSSR count). The fraction of sp³-hybridized carbons (Fsp3) is 0.538. The normalized spacial score (nSPS) is 14.5. The van der Waals surface area contributed by atoms with Crippen molar-refractivity contribution >= 4 is 11.4 Å². The highest BCUT2D eigenvalue weighted by Crippen LogP contribution is 2.36. The number of ether oxygens (including phenoxy) is 2. The lowest BCUT2D eigenvalue weighted by atomic mass is 10.2. The van der Waals surface area contributed by atoms with Gasteiger partial charge in [-0.25, -0.2) is 0 Å². The molecule has 1 saturated carbocycles. The van der Waals surface area contributed by atoms with Gasteiger partial charge in [-0.1, -0.05) is 12.8 Å². The van der Waals surface area contributed by atoms with E-state index in [1.54, 1.807) is 20.3 Å². The predicted octanol–water partition coefficient (Wildman–Crippen LogP) is 2.50. The summed E-state index contributed by atoms with van der Waals surface area (Å²) in [5.41, 5.74) is 7.57. The number of anilines is 2. The third kappa shape index (κ3) is 2.96. The highest BCUT2D eigenvalue weighted by molar-refractivity contribution is 5.72. The number of rotatable bonds is 6. The molecule has 17 heavy (non-hydrogen) atoms. The third-order valence-corrected chi connectivity index (χ3v) is 3.12. The van der Waals surface area contributed by atoms with Crippen molar-refractivity contribution < 1.29 is 9.47 Å². The van der Waals surface area contributed by atoms with Crippen molar-refractivity contribution in [2.24, 2.45) is 5.92 Å². The molecular formula is C13H20N2O2. The fourth-order valence-electron chi connectivity index (χ4n) is 1.87. The Morgan fingerprint density at radius 2 is 1.88 bits per heavy atom. The van der Waals surface area contributed by atoms with E-state index in [1.165, 1.54) is 19.3 Å². The van der Waals surface area contributed by atoms with Gasteiger partial charge in [-0.2, -0.15) is 0 Å². The van der Waals surface area contributed by atoms with E-state index in [0.29, 0.717) is 17.2 Å². The minimum absolute atomic E-state index is 0.665. The Hall–Kier alpha value is -1.58. The Bertz CT molecular complexity index is 389. The van der Waals surface area contributed by atoms with Crippen LogP contribution in [0.15, 0.2) is 12.1 Å². The average molecular weight is 236 g/mol. The van der Waals surface area contributed by atoms with Crippen molar-refractivity contribution in [2.45, 2.75) is 19.3 Å². The smallest absolute Gasteiger partial charge is 0.162 e. The number of methoxy groups -OCH3 is 2. The van der Waals surface area contributed by atoms with Crippen LogP contribution in [0.3, 0.4) is 0 Å². The summed E-state index contributed by atoms with van der Waals surface area (Å²) < 4.78 is 10.4. The van der Waals surface area contributed by atoms with Gasteiger partial charge in [0, 0.05) is 18.7 Å². The van der Waals surface area contributed by atoms with Crippen molar-refractivity contribution in [1.82, 2.24) is 0 Å². The van der Waals surface area contributed by atoms with Crippen molar-refractivity contribution in [2.75, 3.05) is 31.8 Å². The molecule has 1 aliphatic rings. The maximum atomic E-state index is 5.95. The minimum Gasteiger partial charge on any atom is -0.493 e. The predicted molar refractivity (Wildman–Crippen MR) is 69.8 cm³/mol. The molecule has 0 saturated heterocycles. The van der Waals surface area contributed by atoms with Crippen LogP contribution in [0.25, 0.3) is 0 Å². The molecule has 0 radical (unpaired) electrons. The van der Waals surface area contributed by atoms with Crippen molar-refractivity contribution in [3.05, 3.63) is 12.1 Å². The summed E-state index contributed by atoms with van der Waals surface area (Å²) in [6.07, 6.45) is 3.97. The SMILES string of the molecule is COc1cc(N)c(NCCC2CC2)cc1OC. The first-order valence-corrected chi connectivity index (χ1v) is 6.00. The quantitative estimate of drug-likeness (QED) is 0.745. The monoisotopic (exact) mass is 236 g/mol. The van der Waals surface area contributed by atoms with E-state index in [0.717, 1.165) is 18.2 Å². The number of nitrogens with two attached hydrogens (primary N) is 1.